The predicted molar refractivity (Wildman–Crippen MR) is 78.2 cm³/mol. The number of halogens is 1. The molecule has 18 heavy (non-hydrogen) atoms. The van der Waals surface area contributed by atoms with Gasteiger partial charge in [-0.25, -0.2) is 0 Å². The van der Waals surface area contributed by atoms with Crippen molar-refractivity contribution in [2.75, 3.05) is 0 Å². The fourth-order valence-corrected chi connectivity index (χ4v) is 2.21. The number of hydrogen-bond donors (Lipinski definition) is 1. The van der Waals surface area contributed by atoms with Gasteiger partial charge in [-0.1, -0.05) is 34.1 Å². The standard InChI is InChI=1S/C15H17BrN2/c16-14-8-6-13(7-9-14)15(17)5-1-3-12-4-2-10-18-11-12/h2,4,6-11,15H,1,3,5,17H2. The summed E-state index contributed by atoms with van der Waals surface area (Å²) in [6, 6.07) is 12.4. The smallest absolute Gasteiger partial charge is 0.0299 e. The molecule has 2 N–H and O–H groups in total. The SMILES string of the molecule is NC(CCCc1cccnc1)c1ccc(Br)cc1. The maximum absolute atomic E-state index is 6.18. The highest BCUT2D eigenvalue weighted by atomic mass is 79.9. The van der Waals surface area contributed by atoms with Crippen LogP contribution < -0.4 is 5.73 Å². The number of hydrogen-bond acceptors (Lipinski definition) is 2. The van der Waals surface area contributed by atoms with Crippen LogP contribution in [0.15, 0.2) is 53.3 Å². The van der Waals surface area contributed by atoms with Gasteiger partial charge < -0.3 is 5.73 Å². The van der Waals surface area contributed by atoms with Crippen molar-refractivity contribution in [3.05, 3.63) is 64.4 Å². The van der Waals surface area contributed by atoms with Crippen LogP contribution in [-0.4, -0.2) is 4.98 Å². The Morgan fingerprint density at radius 2 is 1.94 bits per heavy atom. The number of nitrogens with two attached hydrogens (primary N) is 1. The summed E-state index contributed by atoms with van der Waals surface area (Å²) in [4.78, 5) is 4.11. The first-order chi connectivity index (χ1) is 8.75. The zero-order valence-corrected chi connectivity index (χ0v) is 11.8. The van der Waals surface area contributed by atoms with E-state index in [1.807, 2.05) is 24.4 Å². The van der Waals surface area contributed by atoms with E-state index >= 15 is 0 Å². The second-order valence-corrected chi connectivity index (χ2v) is 5.33. The molecule has 3 heteroatoms. The molecular weight excluding hydrogens is 288 g/mol. The van der Waals surface area contributed by atoms with Gasteiger partial charge in [0.05, 0.1) is 0 Å². The molecule has 94 valence electrons. The molecule has 0 aliphatic heterocycles. The molecule has 0 saturated carbocycles. The molecule has 1 aromatic carbocycles. The molecule has 0 aliphatic carbocycles. The fraction of sp³-hybridized carbons (Fsp3) is 0.267. The number of aryl methyl sites for hydroxylation is 1. The third-order valence-corrected chi connectivity index (χ3v) is 3.53. The summed E-state index contributed by atoms with van der Waals surface area (Å²) < 4.78 is 1.09. The van der Waals surface area contributed by atoms with Crippen LogP contribution in [0.2, 0.25) is 0 Å². The molecule has 2 aromatic rings. The molecule has 1 unspecified atom stereocenters. The molecular formula is C15H17BrN2. The van der Waals surface area contributed by atoms with Gasteiger partial charge >= 0.3 is 0 Å². The minimum absolute atomic E-state index is 0.120. The quantitative estimate of drug-likeness (QED) is 0.911. The van der Waals surface area contributed by atoms with Gasteiger partial charge in [-0.05, 0) is 48.6 Å². The summed E-state index contributed by atoms with van der Waals surface area (Å²) in [5.41, 5.74) is 8.66. The molecule has 1 atom stereocenters. The molecule has 0 amide bonds. The van der Waals surface area contributed by atoms with Gasteiger partial charge in [-0.15, -0.1) is 0 Å². The lowest BCUT2D eigenvalue weighted by atomic mass is 10.0. The average molecular weight is 305 g/mol. The summed E-state index contributed by atoms with van der Waals surface area (Å²) in [5.74, 6) is 0. The minimum atomic E-state index is 0.120. The second kappa shape index (κ2) is 6.66. The zero-order chi connectivity index (χ0) is 12.8. The van der Waals surface area contributed by atoms with E-state index in [4.69, 9.17) is 5.73 Å². The van der Waals surface area contributed by atoms with Gasteiger partial charge in [0.15, 0.2) is 0 Å². The van der Waals surface area contributed by atoms with Gasteiger partial charge in [0.25, 0.3) is 0 Å². The summed E-state index contributed by atoms with van der Waals surface area (Å²) in [6.07, 6.45) is 6.85. The lowest BCUT2D eigenvalue weighted by molar-refractivity contribution is 0.611. The lowest BCUT2D eigenvalue weighted by Gasteiger charge is -2.11. The molecule has 0 radical (unpaired) electrons. The number of benzene rings is 1. The number of nitrogens with zero attached hydrogens (tertiary/aromatic N) is 1. The van der Waals surface area contributed by atoms with Crippen LogP contribution in [0.1, 0.15) is 30.0 Å². The van der Waals surface area contributed by atoms with Gasteiger partial charge in [0.1, 0.15) is 0 Å². The van der Waals surface area contributed by atoms with E-state index in [2.05, 4.69) is 39.1 Å². The summed E-state index contributed by atoms with van der Waals surface area (Å²) in [6.45, 7) is 0. The monoisotopic (exact) mass is 304 g/mol. The van der Waals surface area contributed by atoms with Crippen molar-refractivity contribution in [3.63, 3.8) is 0 Å². The van der Waals surface area contributed by atoms with Crippen molar-refractivity contribution in [1.82, 2.24) is 4.98 Å². The van der Waals surface area contributed by atoms with Crippen molar-refractivity contribution < 1.29 is 0 Å². The van der Waals surface area contributed by atoms with Crippen LogP contribution in [0.3, 0.4) is 0 Å². The first-order valence-electron chi connectivity index (χ1n) is 6.15. The van der Waals surface area contributed by atoms with Crippen LogP contribution in [0.4, 0.5) is 0 Å². The third-order valence-electron chi connectivity index (χ3n) is 3.00. The molecule has 1 heterocycles. The van der Waals surface area contributed by atoms with Crippen molar-refractivity contribution in [2.24, 2.45) is 5.73 Å². The van der Waals surface area contributed by atoms with Crippen LogP contribution in [0, 0.1) is 0 Å². The van der Waals surface area contributed by atoms with Crippen LogP contribution >= 0.6 is 15.9 Å². The van der Waals surface area contributed by atoms with Crippen LogP contribution in [0.5, 0.6) is 0 Å². The molecule has 1 aromatic heterocycles. The molecule has 2 rings (SSSR count). The molecule has 0 saturated heterocycles. The first-order valence-corrected chi connectivity index (χ1v) is 6.95. The van der Waals surface area contributed by atoms with E-state index in [1.165, 1.54) is 11.1 Å². The van der Waals surface area contributed by atoms with Gasteiger partial charge in [-0.2, -0.15) is 0 Å². The second-order valence-electron chi connectivity index (χ2n) is 4.41. The first kappa shape index (κ1) is 13.2. The number of rotatable bonds is 5. The van der Waals surface area contributed by atoms with E-state index in [0.717, 1.165) is 23.7 Å². The van der Waals surface area contributed by atoms with E-state index < -0.39 is 0 Å². The predicted octanol–water partition coefficient (Wildman–Crippen LogP) is 3.87. The molecule has 0 aliphatic rings. The Hall–Kier alpha value is -1.19. The maximum atomic E-state index is 6.18. The molecule has 0 spiro atoms. The van der Waals surface area contributed by atoms with Gasteiger partial charge in [0, 0.05) is 22.9 Å². The Labute approximate surface area is 116 Å². The normalized spacial score (nSPS) is 12.3. The lowest BCUT2D eigenvalue weighted by Crippen LogP contribution is -2.10. The topological polar surface area (TPSA) is 38.9 Å². The Morgan fingerprint density at radius 3 is 2.61 bits per heavy atom. The van der Waals surface area contributed by atoms with Crippen molar-refractivity contribution in [2.45, 2.75) is 25.3 Å². The Morgan fingerprint density at radius 1 is 1.17 bits per heavy atom. The third kappa shape index (κ3) is 3.93. The zero-order valence-electron chi connectivity index (χ0n) is 10.2. The van der Waals surface area contributed by atoms with Crippen molar-refractivity contribution in [1.29, 1.82) is 0 Å². The minimum Gasteiger partial charge on any atom is -0.324 e. The highest BCUT2D eigenvalue weighted by Crippen LogP contribution is 2.19. The van der Waals surface area contributed by atoms with E-state index in [1.54, 1.807) is 6.20 Å². The number of aromatic nitrogens is 1. The van der Waals surface area contributed by atoms with E-state index in [0.29, 0.717) is 0 Å². The maximum Gasteiger partial charge on any atom is 0.0299 e. The van der Waals surface area contributed by atoms with Gasteiger partial charge in [-0.3, -0.25) is 4.98 Å². The van der Waals surface area contributed by atoms with Crippen LogP contribution in [-0.2, 0) is 6.42 Å². The summed E-state index contributed by atoms with van der Waals surface area (Å²) in [7, 11) is 0. The Balaban J connectivity index is 1.81. The van der Waals surface area contributed by atoms with E-state index in [9.17, 15) is 0 Å². The number of pyridine rings is 1. The van der Waals surface area contributed by atoms with Crippen molar-refractivity contribution >= 4 is 15.9 Å². The Kier molecular flexibility index (Phi) is 4.90. The Bertz CT molecular complexity index is 468. The van der Waals surface area contributed by atoms with Gasteiger partial charge in [0.2, 0.25) is 0 Å². The molecule has 0 bridgehead atoms. The average Bonchev–Trinajstić information content (AvgIpc) is 2.40. The fourth-order valence-electron chi connectivity index (χ4n) is 1.95. The van der Waals surface area contributed by atoms with Crippen molar-refractivity contribution in [3.8, 4) is 0 Å². The highest BCUT2D eigenvalue weighted by Gasteiger charge is 2.05. The summed E-state index contributed by atoms with van der Waals surface area (Å²) in [5, 5.41) is 0. The molecule has 2 nitrogen and oxygen atoms in total. The highest BCUT2D eigenvalue weighted by molar-refractivity contribution is 9.10. The molecule has 0 fully saturated rings. The van der Waals surface area contributed by atoms with Crippen LogP contribution in [0.25, 0.3) is 0 Å². The summed E-state index contributed by atoms with van der Waals surface area (Å²) >= 11 is 3.43. The largest absolute Gasteiger partial charge is 0.324 e. The van der Waals surface area contributed by atoms with E-state index in [-0.39, 0.29) is 6.04 Å².